The minimum atomic E-state index is -0.435. The van der Waals surface area contributed by atoms with E-state index >= 15 is 0 Å². The zero-order chi connectivity index (χ0) is 27.5. The van der Waals surface area contributed by atoms with Gasteiger partial charge in [0.25, 0.3) is 5.69 Å². The maximum atomic E-state index is 12.0. The molecule has 0 bridgehead atoms. The van der Waals surface area contributed by atoms with Crippen molar-refractivity contribution in [2.24, 2.45) is 0 Å². The number of furan rings is 1. The van der Waals surface area contributed by atoms with Crippen LogP contribution < -0.4 is 15.5 Å². The first-order valence-corrected chi connectivity index (χ1v) is 12.5. The molecule has 4 aromatic rings. The van der Waals surface area contributed by atoms with Gasteiger partial charge in [-0.05, 0) is 67.2 Å². The van der Waals surface area contributed by atoms with Gasteiger partial charge in [-0.3, -0.25) is 19.9 Å². The maximum Gasteiger partial charge on any atom is 0.270 e. The number of aromatic nitrogens is 1. The van der Waals surface area contributed by atoms with Crippen LogP contribution in [0.15, 0.2) is 83.4 Å². The third-order valence-corrected chi connectivity index (χ3v) is 6.71. The molecule has 1 saturated heterocycles. The summed E-state index contributed by atoms with van der Waals surface area (Å²) in [6, 6.07) is 20.5. The van der Waals surface area contributed by atoms with Gasteiger partial charge in [0.05, 0.1) is 16.7 Å². The molecule has 1 amide bonds. The number of hydrogen-bond acceptors (Lipinski definition) is 7. The van der Waals surface area contributed by atoms with E-state index in [1.807, 2.05) is 54.3 Å². The molecule has 2 N–H and O–H groups in total. The van der Waals surface area contributed by atoms with Gasteiger partial charge < -0.3 is 24.7 Å². The van der Waals surface area contributed by atoms with E-state index in [1.165, 1.54) is 19.2 Å². The molecule has 0 radical (unpaired) electrons. The Kier molecular flexibility index (Phi) is 7.35. The molecule has 3 heterocycles. The van der Waals surface area contributed by atoms with Crippen LogP contribution in [0.5, 0.6) is 0 Å². The molecule has 0 saturated carbocycles. The summed E-state index contributed by atoms with van der Waals surface area (Å²) in [6.45, 7) is 1.86. The summed E-state index contributed by atoms with van der Waals surface area (Å²) >= 11 is 5.79. The van der Waals surface area contributed by atoms with Crippen molar-refractivity contribution in [2.45, 2.75) is 19.0 Å². The largest absolute Gasteiger partial charge is 0.459 e. The molecule has 11 heteroatoms. The normalized spacial score (nSPS) is 16.7. The van der Waals surface area contributed by atoms with E-state index < -0.39 is 11.0 Å². The Morgan fingerprint density at radius 1 is 1.18 bits per heavy atom. The van der Waals surface area contributed by atoms with Gasteiger partial charge in [0, 0.05) is 42.4 Å². The van der Waals surface area contributed by atoms with Gasteiger partial charge in [-0.2, -0.15) is 0 Å². The Balaban J connectivity index is 1.54. The van der Waals surface area contributed by atoms with Gasteiger partial charge in [-0.15, -0.1) is 0 Å². The number of non-ortho nitro benzene ring substituents is 1. The van der Waals surface area contributed by atoms with Crippen LogP contribution in [0.4, 0.5) is 17.1 Å². The van der Waals surface area contributed by atoms with Gasteiger partial charge in [0.2, 0.25) is 5.91 Å². The Bertz CT molecular complexity index is 1540. The third kappa shape index (κ3) is 5.35. The lowest BCUT2D eigenvalue weighted by atomic mass is 10.0. The molecule has 39 heavy (non-hydrogen) atoms. The molecule has 198 valence electrons. The number of methoxy groups -OCH3 is 1. The fraction of sp³-hybridized carbons (Fsp3) is 0.179. The number of hydrogen-bond donors (Lipinski definition) is 2. The molecule has 1 aliphatic heterocycles. The second kappa shape index (κ2) is 11.0. The van der Waals surface area contributed by atoms with Crippen LogP contribution in [-0.4, -0.2) is 34.6 Å². The Morgan fingerprint density at radius 2 is 2.03 bits per heavy atom. The van der Waals surface area contributed by atoms with Crippen LogP contribution in [0.25, 0.3) is 11.3 Å². The number of nitrogens with zero attached hydrogens (tertiary/aromatic N) is 3. The summed E-state index contributed by atoms with van der Waals surface area (Å²) in [4.78, 5) is 29.4. The van der Waals surface area contributed by atoms with Gasteiger partial charge >= 0.3 is 0 Å². The molecule has 0 spiro atoms. The summed E-state index contributed by atoms with van der Waals surface area (Å²) in [6.07, 6.45) is 1.72. The molecule has 1 fully saturated rings. The van der Waals surface area contributed by atoms with Crippen LogP contribution in [0, 0.1) is 17.0 Å². The predicted molar refractivity (Wildman–Crippen MR) is 150 cm³/mol. The quantitative estimate of drug-likeness (QED) is 0.173. The number of nitrogens with one attached hydrogen (secondary N) is 2. The molecular formula is C28H25N5O5S. The second-order valence-electron chi connectivity index (χ2n) is 8.99. The first kappa shape index (κ1) is 26.0. The summed E-state index contributed by atoms with van der Waals surface area (Å²) in [5.74, 6) is 0.859. The van der Waals surface area contributed by atoms with Crippen molar-refractivity contribution >= 4 is 40.3 Å². The molecule has 0 unspecified atom stereocenters. The highest BCUT2D eigenvalue weighted by molar-refractivity contribution is 7.80. The van der Waals surface area contributed by atoms with Crippen molar-refractivity contribution in [2.75, 3.05) is 23.9 Å². The number of aryl methyl sites for hydroxylation is 1. The van der Waals surface area contributed by atoms with Crippen LogP contribution in [0.1, 0.15) is 29.1 Å². The fourth-order valence-corrected chi connectivity index (χ4v) is 4.96. The van der Waals surface area contributed by atoms with Gasteiger partial charge in [0.1, 0.15) is 24.2 Å². The number of carbonyl (C=O) groups excluding carboxylic acids is 1. The van der Waals surface area contributed by atoms with Crippen molar-refractivity contribution in [3.05, 3.63) is 106 Å². The van der Waals surface area contributed by atoms with Crippen LogP contribution >= 0.6 is 12.2 Å². The number of thiocarbonyl (C=S) groups is 1. The molecule has 2 atom stereocenters. The summed E-state index contributed by atoms with van der Waals surface area (Å²) in [5.41, 5.74) is 3.67. The monoisotopic (exact) mass is 543 g/mol. The molecular weight excluding hydrogens is 518 g/mol. The van der Waals surface area contributed by atoms with Crippen molar-refractivity contribution < 1.29 is 18.9 Å². The lowest BCUT2D eigenvalue weighted by Gasteiger charge is -2.26. The molecule has 2 aromatic heterocycles. The number of carbonyl (C=O) groups is 1. The SMILES string of the molecule is COCC(=O)Nc1ccc(N2C(=S)N[C@@H](c3ccccn3)[C@@H]2c2ccc(-c3cccc([N+](=O)[O-])c3)o2)cc1C. The van der Waals surface area contributed by atoms with E-state index in [2.05, 4.69) is 15.6 Å². The summed E-state index contributed by atoms with van der Waals surface area (Å²) < 4.78 is 11.2. The number of pyridine rings is 1. The molecule has 5 rings (SSSR count). The fourth-order valence-electron chi connectivity index (χ4n) is 4.62. The topological polar surface area (TPSA) is 123 Å². The van der Waals surface area contributed by atoms with Gasteiger partial charge in [0.15, 0.2) is 5.11 Å². The average molecular weight is 544 g/mol. The van der Waals surface area contributed by atoms with Crippen LogP contribution in [0.2, 0.25) is 0 Å². The van der Waals surface area contributed by atoms with Gasteiger partial charge in [-0.1, -0.05) is 18.2 Å². The number of benzene rings is 2. The zero-order valence-electron chi connectivity index (χ0n) is 21.2. The maximum absolute atomic E-state index is 12.0. The summed E-state index contributed by atoms with van der Waals surface area (Å²) in [7, 11) is 1.47. The van der Waals surface area contributed by atoms with E-state index in [0.29, 0.717) is 27.9 Å². The van der Waals surface area contributed by atoms with E-state index in [1.54, 1.807) is 24.4 Å². The Labute approximate surface area is 229 Å². The molecule has 1 aliphatic rings. The first-order chi connectivity index (χ1) is 18.9. The predicted octanol–water partition coefficient (Wildman–Crippen LogP) is 5.32. The molecule has 10 nitrogen and oxygen atoms in total. The highest BCUT2D eigenvalue weighted by Gasteiger charge is 2.42. The average Bonchev–Trinajstić information content (AvgIpc) is 3.55. The number of nitro benzene ring substituents is 1. The van der Waals surface area contributed by atoms with Crippen LogP contribution in [-0.2, 0) is 9.53 Å². The number of anilines is 2. The van der Waals surface area contributed by atoms with E-state index in [-0.39, 0.29) is 24.2 Å². The smallest absolute Gasteiger partial charge is 0.270 e. The van der Waals surface area contributed by atoms with Crippen molar-refractivity contribution in [3.63, 3.8) is 0 Å². The Hall–Kier alpha value is -4.61. The van der Waals surface area contributed by atoms with Gasteiger partial charge in [-0.25, -0.2) is 0 Å². The highest BCUT2D eigenvalue weighted by Crippen LogP contribution is 2.43. The number of ether oxygens (including phenoxy) is 1. The number of amides is 1. The van der Waals surface area contributed by atoms with E-state index in [9.17, 15) is 14.9 Å². The van der Waals surface area contributed by atoms with Crippen LogP contribution in [0.3, 0.4) is 0 Å². The second-order valence-corrected chi connectivity index (χ2v) is 9.37. The first-order valence-electron chi connectivity index (χ1n) is 12.1. The lowest BCUT2D eigenvalue weighted by Crippen LogP contribution is -2.29. The van der Waals surface area contributed by atoms with E-state index in [4.69, 9.17) is 21.4 Å². The van der Waals surface area contributed by atoms with Crippen molar-refractivity contribution in [3.8, 4) is 11.3 Å². The summed E-state index contributed by atoms with van der Waals surface area (Å²) in [5, 5.41) is 18.0. The number of nitro groups is 1. The minimum absolute atomic E-state index is 0.0182. The molecule has 2 aromatic carbocycles. The zero-order valence-corrected chi connectivity index (χ0v) is 22.0. The van der Waals surface area contributed by atoms with Crippen molar-refractivity contribution in [1.29, 1.82) is 0 Å². The third-order valence-electron chi connectivity index (χ3n) is 6.40. The number of rotatable bonds is 8. The highest BCUT2D eigenvalue weighted by atomic mass is 32.1. The standard InChI is InChI=1S/C28H25N5O5S/c1-17-14-19(9-10-21(17)30-25(34)16-37-2)32-27(26(31-28(32)39)22-8-3-4-13-29-22)24-12-11-23(38-24)18-6-5-7-20(15-18)33(35)36/h3-15,26-27H,16H2,1-2H3,(H,30,34)(H,31,39)/t26-,27-/m0/s1. The van der Waals surface area contributed by atoms with Crippen molar-refractivity contribution in [1.82, 2.24) is 10.3 Å². The van der Waals surface area contributed by atoms with E-state index in [0.717, 1.165) is 16.9 Å². The lowest BCUT2D eigenvalue weighted by molar-refractivity contribution is -0.384. The minimum Gasteiger partial charge on any atom is -0.459 e. The molecule has 0 aliphatic carbocycles. The Morgan fingerprint density at radius 3 is 2.74 bits per heavy atom.